The Labute approximate surface area is 237 Å². The molecule has 0 aliphatic heterocycles. The average Bonchev–Trinajstić information content (AvgIpc) is 3.40. The summed E-state index contributed by atoms with van der Waals surface area (Å²) < 4.78 is 9.00. The first-order valence-corrected chi connectivity index (χ1v) is 14.2. The maximum atomic E-state index is 12.3. The van der Waals surface area contributed by atoms with Gasteiger partial charge in [0.15, 0.2) is 0 Å². The third kappa shape index (κ3) is 7.19. The van der Waals surface area contributed by atoms with Crippen LogP contribution in [0.15, 0.2) is 88.2 Å². The smallest absolute Gasteiger partial charge is 0.261 e. The number of benzene rings is 3. The van der Waals surface area contributed by atoms with Gasteiger partial charge in [-0.3, -0.25) is 4.79 Å². The number of carbonyl (C=O) groups is 1. The lowest BCUT2D eigenvalue weighted by molar-refractivity contribution is 0.0958. The summed E-state index contributed by atoms with van der Waals surface area (Å²) in [4.78, 5) is 25.3. The van der Waals surface area contributed by atoms with Crippen molar-refractivity contribution in [2.45, 2.75) is 31.2 Å². The molecule has 1 heterocycles. The molecule has 0 atom stereocenters. The summed E-state index contributed by atoms with van der Waals surface area (Å²) in [5.74, 6) is 0.719. The largest absolute Gasteiger partial charge is 0.496 e. The van der Waals surface area contributed by atoms with Crippen LogP contribution in [0.1, 0.15) is 34.6 Å². The van der Waals surface area contributed by atoms with E-state index in [1.807, 2.05) is 92.9 Å². The Kier molecular flexibility index (Phi) is 9.27. The van der Waals surface area contributed by atoms with Gasteiger partial charge < -0.3 is 20.1 Å². The number of ether oxygens (including phenoxy) is 1. The van der Waals surface area contributed by atoms with E-state index < -0.39 is 5.54 Å². The van der Waals surface area contributed by atoms with Crippen LogP contribution in [0.25, 0.3) is 11.1 Å². The summed E-state index contributed by atoms with van der Waals surface area (Å²) in [5.41, 5.74) is 4.96. The molecule has 39 heavy (non-hydrogen) atoms. The number of amides is 1. The number of carbonyl (C=O) groups excluding carboxylic acids is 1. The van der Waals surface area contributed by atoms with Gasteiger partial charge in [0.1, 0.15) is 11.3 Å². The van der Waals surface area contributed by atoms with Gasteiger partial charge >= 0.3 is 0 Å². The number of anilines is 2. The van der Waals surface area contributed by atoms with Crippen molar-refractivity contribution in [1.29, 1.82) is 0 Å². The van der Waals surface area contributed by atoms with Gasteiger partial charge in [0.2, 0.25) is 0 Å². The highest BCUT2D eigenvalue weighted by Crippen LogP contribution is 2.36. The fraction of sp³-hybridized carbons (Fsp3) is 0.233. The SMILES string of the molecule is COc1ccc(-c2cccc(C(C)(C)N=O)c2)cc1SNc1cccc(NCCNC(=O)c2sccc2C)c1. The van der Waals surface area contributed by atoms with Crippen LogP contribution >= 0.6 is 23.3 Å². The molecule has 0 spiro atoms. The molecule has 0 saturated carbocycles. The fourth-order valence-electron chi connectivity index (χ4n) is 3.94. The monoisotopic (exact) mass is 560 g/mol. The van der Waals surface area contributed by atoms with Gasteiger partial charge in [-0.15, -0.1) is 16.2 Å². The molecule has 0 bridgehead atoms. The second kappa shape index (κ2) is 12.8. The minimum Gasteiger partial charge on any atom is -0.496 e. The van der Waals surface area contributed by atoms with Crippen LogP contribution in [0.5, 0.6) is 5.75 Å². The molecule has 4 aromatic rings. The predicted molar refractivity (Wildman–Crippen MR) is 163 cm³/mol. The molecule has 202 valence electrons. The first-order chi connectivity index (χ1) is 18.8. The Balaban J connectivity index is 1.38. The minimum absolute atomic E-state index is 0.0388. The Morgan fingerprint density at radius 2 is 1.74 bits per heavy atom. The second-order valence-corrected chi connectivity index (χ2v) is 11.3. The molecule has 4 rings (SSSR count). The van der Waals surface area contributed by atoms with Gasteiger partial charge in [-0.2, -0.15) is 0 Å². The molecule has 3 aromatic carbocycles. The fourth-order valence-corrected chi connectivity index (χ4v) is 5.58. The summed E-state index contributed by atoms with van der Waals surface area (Å²) in [5, 5.41) is 11.5. The van der Waals surface area contributed by atoms with Crippen LogP contribution in [-0.4, -0.2) is 26.1 Å². The standard InChI is InChI=1S/C30H32N4O3S2/c1-20-13-16-38-28(20)29(35)32-15-14-31-24-9-6-10-25(19-24)33-39-27-18-22(11-12-26(27)37-4)21-7-5-8-23(17-21)30(2,3)34-36/h5-13,16-19,31,33H,14-15H2,1-4H3,(H,32,35). The predicted octanol–water partition coefficient (Wildman–Crippen LogP) is 7.69. The van der Waals surface area contributed by atoms with Crippen molar-refractivity contribution in [3.8, 4) is 16.9 Å². The first-order valence-electron chi connectivity index (χ1n) is 12.5. The van der Waals surface area contributed by atoms with Gasteiger partial charge in [0.25, 0.3) is 5.91 Å². The van der Waals surface area contributed by atoms with Crippen LogP contribution in [0.3, 0.4) is 0 Å². The molecule has 0 saturated heterocycles. The number of hydrogen-bond donors (Lipinski definition) is 3. The Morgan fingerprint density at radius 1 is 0.974 bits per heavy atom. The zero-order valence-electron chi connectivity index (χ0n) is 22.4. The minimum atomic E-state index is -0.796. The highest BCUT2D eigenvalue weighted by atomic mass is 32.2. The molecule has 9 heteroatoms. The van der Waals surface area contributed by atoms with Crippen molar-refractivity contribution in [3.05, 3.63) is 99.1 Å². The van der Waals surface area contributed by atoms with E-state index in [1.54, 1.807) is 7.11 Å². The van der Waals surface area contributed by atoms with Crippen LogP contribution in [0, 0.1) is 11.8 Å². The number of nitrogens with one attached hydrogen (secondary N) is 3. The number of rotatable bonds is 12. The Morgan fingerprint density at radius 3 is 2.49 bits per heavy atom. The molecule has 3 N–H and O–H groups in total. The summed E-state index contributed by atoms with van der Waals surface area (Å²) in [6.45, 7) is 6.69. The van der Waals surface area contributed by atoms with Crippen LogP contribution in [0.2, 0.25) is 0 Å². The molecule has 0 radical (unpaired) electrons. The Bertz CT molecular complexity index is 1450. The highest BCUT2D eigenvalue weighted by Gasteiger charge is 2.21. The lowest BCUT2D eigenvalue weighted by Gasteiger charge is -2.17. The van der Waals surface area contributed by atoms with E-state index in [9.17, 15) is 9.70 Å². The van der Waals surface area contributed by atoms with E-state index in [-0.39, 0.29) is 5.91 Å². The zero-order chi connectivity index (χ0) is 27.8. The lowest BCUT2D eigenvalue weighted by atomic mass is 9.92. The molecule has 0 aliphatic rings. The first kappa shape index (κ1) is 28.2. The van der Waals surface area contributed by atoms with Crippen molar-refractivity contribution in [1.82, 2.24) is 5.32 Å². The second-order valence-electron chi connectivity index (χ2n) is 9.50. The summed E-state index contributed by atoms with van der Waals surface area (Å²) >= 11 is 2.92. The number of nitrogens with zero attached hydrogens (tertiary/aromatic N) is 1. The molecule has 0 unspecified atom stereocenters. The highest BCUT2D eigenvalue weighted by molar-refractivity contribution is 8.00. The molecule has 7 nitrogen and oxygen atoms in total. The third-order valence-corrected chi connectivity index (χ3v) is 8.14. The van der Waals surface area contributed by atoms with Gasteiger partial charge in [-0.1, -0.05) is 35.5 Å². The lowest BCUT2D eigenvalue weighted by Crippen LogP contribution is -2.28. The normalized spacial score (nSPS) is 11.1. The maximum Gasteiger partial charge on any atom is 0.261 e. The van der Waals surface area contributed by atoms with E-state index in [4.69, 9.17) is 4.74 Å². The molecular weight excluding hydrogens is 528 g/mol. The van der Waals surface area contributed by atoms with E-state index in [1.165, 1.54) is 23.3 Å². The number of methoxy groups -OCH3 is 1. The van der Waals surface area contributed by atoms with Crippen molar-refractivity contribution in [2.24, 2.45) is 5.18 Å². The van der Waals surface area contributed by atoms with Gasteiger partial charge in [-0.25, -0.2) is 0 Å². The number of nitroso groups, excluding NO2 is 1. The summed E-state index contributed by atoms with van der Waals surface area (Å²) in [6.07, 6.45) is 0. The van der Waals surface area contributed by atoms with E-state index >= 15 is 0 Å². The van der Waals surface area contributed by atoms with Crippen LogP contribution in [0.4, 0.5) is 11.4 Å². The molecule has 0 aliphatic carbocycles. The van der Waals surface area contributed by atoms with Crippen LogP contribution < -0.4 is 20.1 Å². The van der Waals surface area contributed by atoms with E-state index in [0.717, 1.165) is 49.2 Å². The van der Waals surface area contributed by atoms with E-state index in [0.29, 0.717) is 13.1 Å². The summed E-state index contributed by atoms with van der Waals surface area (Å²) in [6, 6.07) is 23.8. The van der Waals surface area contributed by atoms with Crippen molar-refractivity contribution in [2.75, 3.05) is 30.2 Å². The Hall–Kier alpha value is -3.82. The summed E-state index contributed by atoms with van der Waals surface area (Å²) in [7, 11) is 1.65. The van der Waals surface area contributed by atoms with Gasteiger partial charge in [0.05, 0.1) is 16.9 Å². The van der Waals surface area contributed by atoms with Crippen molar-refractivity contribution < 1.29 is 9.53 Å². The molecule has 1 amide bonds. The maximum absolute atomic E-state index is 12.3. The number of aryl methyl sites for hydroxylation is 1. The van der Waals surface area contributed by atoms with E-state index in [2.05, 4.69) is 26.6 Å². The molecular formula is C30H32N4O3S2. The van der Waals surface area contributed by atoms with Gasteiger partial charge in [-0.05, 0) is 103 Å². The quantitative estimate of drug-likeness (QED) is 0.0934. The topological polar surface area (TPSA) is 91.8 Å². The van der Waals surface area contributed by atoms with Crippen molar-refractivity contribution in [3.63, 3.8) is 0 Å². The number of hydrogen-bond acceptors (Lipinski definition) is 8. The van der Waals surface area contributed by atoms with Gasteiger partial charge in [0, 0.05) is 24.5 Å². The van der Waals surface area contributed by atoms with Crippen molar-refractivity contribution >= 4 is 40.6 Å². The van der Waals surface area contributed by atoms with Crippen LogP contribution in [-0.2, 0) is 5.54 Å². The average molecular weight is 561 g/mol. The third-order valence-electron chi connectivity index (χ3n) is 6.24. The number of thiophene rings is 1. The molecule has 0 fully saturated rings. The molecule has 1 aromatic heterocycles. The zero-order valence-corrected chi connectivity index (χ0v) is 24.0.